The highest BCUT2D eigenvalue weighted by Gasteiger charge is 2.28. The van der Waals surface area contributed by atoms with Gasteiger partial charge in [-0.3, -0.25) is 9.20 Å². The highest BCUT2D eigenvalue weighted by atomic mass is 32.2. The fourth-order valence-corrected chi connectivity index (χ4v) is 3.97. The summed E-state index contributed by atoms with van der Waals surface area (Å²) < 4.78 is 2.02. The Hall–Kier alpha value is -1.49. The lowest BCUT2D eigenvalue weighted by Gasteiger charge is -2.34. The molecular weight excluding hydrogens is 294 g/mol. The molecule has 22 heavy (non-hydrogen) atoms. The molecule has 0 bridgehead atoms. The summed E-state index contributed by atoms with van der Waals surface area (Å²) in [5.74, 6) is 1.80. The van der Waals surface area contributed by atoms with Crippen molar-refractivity contribution in [1.82, 2.24) is 14.7 Å². The lowest BCUT2D eigenvalue weighted by atomic mass is 9.78. The summed E-state index contributed by atoms with van der Waals surface area (Å²) in [4.78, 5) is 16.6. The molecule has 1 aliphatic carbocycles. The summed E-state index contributed by atoms with van der Waals surface area (Å²) in [6.45, 7) is 4.54. The number of amides is 1. The van der Waals surface area contributed by atoms with Crippen molar-refractivity contribution >= 4 is 23.2 Å². The van der Waals surface area contributed by atoms with Crippen LogP contribution in [-0.4, -0.2) is 27.1 Å². The zero-order chi connectivity index (χ0) is 15.5. The SMILES string of the molecule is CC1CCCC(NC(=O)CSc2ncc3ccccn23)C1C. The standard InChI is InChI=1S/C17H23N3OS/c1-12-6-5-8-15(13(12)2)19-16(21)11-22-17-18-10-14-7-3-4-9-20(14)17/h3-4,7,9-10,12-13,15H,5-6,8,11H2,1-2H3,(H,19,21). The number of carbonyl (C=O) groups is 1. The topological polar surface area (TPSA) is 46.4 Å². The van der Waals surface area contributed by atoms with Crippen molar-refractivity contribution in [1.29, 1.82) is 0 Å². The quantitative estimate of drug-likeness (QED) is 0.880. The summed E-state index contributed by atoms with van der Waals surface area (Å²) in [5.41, 5.74) is 1.06. The van der Waals surface area contributed by atoms with Crippen LogP contribution in [0.5, 0.6) is 0 Å². The Morgan fingerprint density at radius 2 is 2.27 bits per heavy atom. The van der Waals surface area contributed by atoms with E-state index < -0.39 is 0 Å². The van der Waals surface area contributed by atoms with Crippen molar-refractivity contribution in [3.8, 4) is 0 Å². The van der Waals surface area contributed by atoms with Gasteiger partial charge >= 0.3 is 0 Å². The van der Waals surface area contributed by atoms with Gasteiger partial charge in [-0.25, -0.2) is 4.98 Å². The Bertz CT molecular complexity index is 654. The van der Waals surface area contributed by atoms with E-state index in [4.69, 9.17) is 0 Å². The number of rotatable bonds is 4. The maximum absolute atomic E-state index is 12.2. The highest BCUT2D eigenvalue weighted by molar-refractivity contribution is 7.99. The van der Waals surface area contributed by atoms with E-state index in [1.807, 2.05) is 35.0 Å². The molecule has 0 spiro atoms. The van der Waals surface area contributed by atoms with Gasteiger partial charge in [0.1, 0.15) is 0 Å². The lowest BCUT2D eigenvalue weighted by molar-refractivity contribution is -0.120. The van der Waals surface area contributed by atoms with Crippen LogP contribution < -0.4 is 5.32 Å². The van der Waals surface area contributed by atoms with Gasteiger partial charge in [0, 0.05) is 12.2 Å². The minimum atomic E-state index is 0.114. The van der Waals surface area contributed by atoms with E-state index in [1.54, 1.807) is 0 Å². The fourth-order valence-electron chi connectivity index (χ4n) is 3.19. The second kappa shape index (κ2) is 6.73. The van der Waals surface area contributed by atoms with Gasteiger partial charge in [-0.15, -0.1) is 0 Å². The molecule has 3 atom stereocenters. The zero-order valence-electron chi connectivity index (χ0n) is 13.2. The number of pyridine rings is 1. The van der Waals surface area contributed by atoms with Crippen LogP contribution in [0.2, 0.25) is 0 Å². The third-order valence-corrected chi connectivity index (χ3v) is 5.76. The Balaban J connectivity index is 1.56. The molecule has 3 unspecified atom stereocenters. The van der Waals surface area contributed by atoms with Gasteiger partial charge in [0.05, 0.1) is 17.5 Å². The molecule has 1 amide bonds. The molecule has 3 rings (SSSR count). The average molecular weight is 317 g/mol. The number of hydrogen-bond acceptors (Lipinski definition) is 3. The lowest BCUT2D eigenvalue weighted by Crippen LogP contribution is -2.44. The first-order valence-electron chi connectivity index (χ1n) is 7.99. The van der Waals surface area contributed by atoms with Crippen LogP contribution in [0.1, 0.15) is 33.1 Å². The van der Waals surface area contributed by atoms with Gasteiger partial charge in [-0.05, 0) is 30.4 Å². The van der Waals surface area contributed by atoms with Crippen molar-refractivity contribution in [2.45, 2.75) is 44.3 Å². The minimum absolute atomic E-state index is 0.114. The van der Waals surface area contributed by atoms with E-state index in [1.165, 1.54) is 24.6 Å². The molecule has 1 aliphatic rings. The van der Waals surface area contributed by atoms with E-state index >= 15 is 0 Å². The third-order valence-electron chi connectivity index (χ3n) is 4.79. The third kappa shape index (κ3) is 3.29. The molecule has 0 aromatic carbocycles. The smallest absolute Gasteiger partial charge is 0.230 e. The van der Waals surface area contributed by atoms with Crippen LogP contribution >= 0.6 is 11.8 Å². The van der Waals surface area contributed by atoms with Crippen LogP contribution in [0.15, 0.2) is 35.7 Å². The molecule has 2 aromatic rings. The van der Waals surface area contributed by atoms with Crippen molar-refractivity contribution in [2.24, 2.45) is 11.8 Å². The Kier molecular flexibility index (Phi) is 4.71. The van der Waals surface area contributed by atoms with Gasteiger partial charge in [0.25, 0.3) is 0 Å². The molecule has 118 valence electrons. The molecule has 2 heterocycles. The average Bonchev–Trinajstić information content (AvgIpc) is 2.93. The molecule has 1 fully saturated rings. The van der Waals surface area contributed by atoms with Crippen molar-refractivity contribution in [2.75, 3.05) is 5.75 Å². The van der Waals surface area contributed by atoms with Crippen molar-refractivity contribution in [3.63, 3.8) is 0 Å². The zero-order valence-corrected chi connectivity index (χ0v) is 14.0. The number of nitrogens with zero attached hydrogens (tertiary/aromatic N) is 2. The van der Waals surface area contributed by atoms with Crippen LogP contribution in [0.4, 0.5) is 0 Å². The van der Waals surface area contributed by atoms with E-state index in [9.17, 15) is 4.79 Å². The van der Waals surface area contributed by atoms with Crippen LogP contribution in [0.25, 0.3) is 5.52 Å². The molecular formula is C17H23N3OS. The second-order valence-electron chi connectivity index (χ2n) is 6.27. The van der Waals surface area contributed by atoms with Crippen LogP contribution in [-0.2, 0) is 4.79 Å². The second-order valence-corrected chi connectivity index (χ2v) is 7.21. The number of imidazole rings is 1. The molecule has 2 aromatic heterocycles. The van der Waals surface area contributed by atoms with Gasteiger partial charge < -0.3 is 5.32 Å². The molecule has 0 saturated heterocycles. The first-order chi connectivity index (χ1) is 10.6. The monoisotopic (exact) mass is 317 g/mol. The molecule has 1 saturated carbocycles. The summed E-state index contributed by atoms with van der Waals surface area (Å²) in [7, 11) is 0. The van der Waals surface area contributed by atoms with Crippen molar-refractivity contribution in [3.05, 3.63) is 30.6 Å². The molecule has 4 nitrogen and oxygen atoms in total. The normalized spacial score (nSPS) is 25.3. The molecule has 1 N–H and O–H groups in total. The van der Waals surface area contributed by atoms with E-state index in [0.717, 1.165) is 17.1 Å². The van der Waals surface area contributed by atoms with E-state index in [-0.39, 0.29) is 5.91 Å². The highest BCUT2D eigenvalue weighted by Crippen LogP contribution is 2.29. The summed E-state index contributed by atoms with van der Waals surface area (Å²) in [6, 6.07) is 6.31. The number of hydrogen-bond donors (Lipinski definition) is 1. The number of carbonyl (C=O) groups excluding carboxylic acids is 1. The number of aromatic nitrogens is 2. The summed E-state index contributed by atoms with van der Waals surface area (Å²) >= 11 is 1.50. The number of thioether (sulfide) groups is 1. The van der Waals surface area contributed by atoms with Crippen LogP contribution in [0.3, 0.4) is 0 Å². The van der Waals surface area contributed by atoms with E-state index in [2.05, 4.69) is 24.1 Å². The Labute approximate surface area is 135 Å². The number of fused-ring (bicyclic) bond motifs is 1. The maximum atomic E-state index is 12.2. The van der Waals surface area contributed by atoms with Crippen LogP contribution in [0, 0.1) is 11.8 Å². The predicted molar refractivity (Wildman–Crippen MR) is 90.0 cm³/mol. The van der Waals surface area contributed by atoms with Crippen molar-refractivity contribution < 1.29 is 4.79 Å². The molecule has 0 radical (unpaired) electrons. The minimum Gasteiger partial charge on any atom is -0.352 e. The molecule has 5 heteroatoms. The summed E-state index contributed by atoms with van der Waals surface area (Å²) in [5, 5.41) is 4.08. The van der Waals surface area contributed by atoms with Gasteiger partial charge in [-0.2, -0.15) is 0 Å². The Morgan fingerprint density at radius 1 is 1.41 bits per heavy atom. The van der Waals surface area contributed by atoms with E-state index in [0.29, 0.717) is 23.6 Å². The fraction of sp³-hybridized carbons (Fsp3) is 0.529. The molecule has 0 aliphatic heterocycles. The Morgan fingerprint density at radius 3 is 3.14 bits per heavy atom. The van der Waals surface area contributed by atoms with Gasteiger partial charge in [-0.1, -0.05) is 44.5 Å². The maximum Gasteiger partial charge on any atom is 0.230 e. The van der Waals surface area contributed by atoms with Gasteiger partial charge in [0.15, 0.2) is 5.16 Å². The van der Waals surface area contributed by atoms with Gasteiger partial charge in [0.2, 0.25) is 5.91 Å². The first-order valence-corrected chi connectivity index (χ1v) is 8.98. The largest absolute Gasteiger partial charge is 0.352 e. The predicted octanol–water partition coefficient (Wildman–Crippen LogP) is 3.37. The number of nitrogens with one attached hydrogen (secondary N) is 1. The summed E-state index contributed by atoms with van der Waals surface area (Å²) in [6.07, 6.45) is 7.42. The first kappa shape index (κ1) is 15.4.